The summed E-state index contributed by atoms with van der Waals surface area (Å²) in [6.45, 7) is 4.74. The molecule has 5 nitrogen and oxygen atoms in total. The molecule has 1 rings (SSSR count). The van der Waals surface area contributed by atoms with Gasteiger partial charge in [0.1, 0.15) is 5.82 Å². The first kappa shape index (κ1) is 13.7. The molecule has 0 saturated carbocycles. The van der Waals surface area contributed by atoms with Crippen molar-refractivity contribution in [3.05, 3.63) is 11.8 Å². The molecule has 1 aromatic rings. The Morgan fingerprint density at radius 2 is 2.35 bits per heavy atom. The number of carbonyl (C=O) groups excluding carboxylic acids is 1. The normalized spacial score (nSPS) is 12.4. The van der Waals surface area contributed by atoms with Gasteiger partial charge in [-0.05, 0) is 32.2 Å². The summed E-state index contributed by atoms with van der Waals surface area (Å²) in [5.41, 5.74) is 6.48. The van der Waals surface area contributed by atoms with Crippen LogP contribution in [-0.4, -0.2) is 22.6 Å². The van der Waals surface area contributed by atoms with Gasteiger partial charge in [-0.1, -0.05) is 13.3 Å². The quantitative estimate of drug-likeness (QED) is 0.677. The molecule has 1 unspecified atom stereocenters. The third-order valence-corrected chi connectivity index (χ3v) is 3.03. The molecule has 0 radical (unpaired) electrons. The van der Waals surface area contributed by atoms with Gasteiger partial charge in [-0.25, -0.2) is 0 Å². The molecule has 0 aromatic carbocycles. The molecule has 96 valence electrons. The Morgan fingerprint density at radius 1 is 1.59 bits per heavy atom. The van der Waals surface area contributed by atoms with Crippen LogP contribution in [0, 0.1) is 12.8 Å². The maximum absolute atomic E-state index is 11.7. The van der Waals surface area contributed by atoms with Crippen LogP contribution in [0.1, 0.15) is 38.2 Å². The van der Waals surface area contributed by atoms with E-state index in [-0.39, 0.29) is 5.91 Å². The summed E-state index contributed by atoms with van der Waals surface area (Å²) in [6, 6.07) is 0. The van der Waals surface area contributed by atoms with E-state index in [2.05, 4.69) is 22.4 Å². The second-order valence-electron chi connectivity index (χ2n) is 4.37. The molecular formula is C12H22N4O. The fraction of sp³-hybridized carbons (Fsp3) is 0.667. The standard InChI is InChI=1S/C12H22N4O/c1-3-10(6-7-13)4-5-11(17)15-12-9(2)8-14-16-12/h8,10H,3-7,13H2,1-2H3,(H2,14,15,16,17). The van der Waals surface area contributed by atoms with Crippen LogP contribution < -0.4 is 11.1 Å². The lowest BCUT2D eigenvalue weighted by Gasteiger charge is -2.12. The van der Waals surface area contributed by atoms with Crippen LogP contribution in [0.3, 0.4) is 0 Å². The zero-order valence-electron chi connectivity index (χ0n) is 10.6. The Kier molecular flexibility index (Phi) is 5.69. The Labute approximate surface area is 102 Å². The lowest BCUT2D eigenvalue weighted by atomic mass is 9.96. The van der Waals surface area contributed by atoms with Gasteiger partial charge >= 0.3 is 0 Å². The van der Waals surface area contributed by atoms with E-state index in [1.807, 2.05) is 6.92 Å². The smallest absolute Gasteiger partial charge is 0.225 e. The van der Waals surface area contributed by atoms with Crippen LogP contribution in [-0.2, 0) is 4.79 Å². The summed E-state index contributed by atoms with van der Waals surface area (Å²) < 4.78 is 0. The second kappa shape index (κ2) is 7.06. The number of aromatic nitrogens is 2. The van der Waals surface area contributed by atoms with Crippen molar-refractivity contribution in [1.82, 2.24) is 10.2 Å². The highest BCUT2D eigenvalue weighted by Gasteiger charge is 2.10. The average molecular weight is 238 g/mol. The maximum Gasteiger partial charge on any atom is 0.225 e. The van der Waals surface area contributed by atoms with Crippen LogP contribution >= 0.6 is 0 Å². The van der Waals surface area contributed by atoms with E-state index in [1.165, 1.54) is 0 Å². The first-order valence-electron chi connectivity index (χ1n) is 6.17. The number of anilines is 1. The number of nitrogens with zero attached hydrogens (tertiary/aromatic N) is 1. The van der Waals surface area contributed by atoms with Gasteiger partial charge in [-0.15, -0.1) is 0 Å². The molecule has 5 heteroatoms. The zero-order valence-corrected chi connectivity index (χ0v) is 10.6. The van der Waals surface area contributed by atoms with Crippen molar-refractivity contribution in [3.63, 3.8) is 0 Å². The topological polar surface area (TPSA) is 83.8 Å². The van der Waals surface area contributed by atoms with Crippen molar-refractivity contribution in [2.75, 3.05) is 11.9 Å². The molecule has 0 saturated heterocycles. The van der Waals surface area contributed by atoms with E-state index in [1.54, 1.807) is 6.20 Å². The monoisotopic (exact) mass is 238 g/mol. The van der Waals surface area contributed by atoms with Gasteiger partial charge in [-0.2, -0.15) is 5.10 Å². The number of nitrogens with one attached hydrogen (secondary N) is 2. The first-order valence-corrected chi connectivity index (χ1v) is 6.17. The molecule has 0 aliphatic carbocycles. The molecule has 4 N–H and O–H groups in total. The van der Waals surface area contributed by atoms with Crippen LogP contribution in [0.4, 0.5) is 5.82 Å². The van der Waals surface area contributed by atoms with Crippen molar-refractivity contribution in [3.8, 4) is 0 Å². The minimum Gasteiger partial charge on any atom is -0.330 e. The molecule has 0 bridgehead atoms. The SMILES string of the molecule is CCC(CCN)CCC(=O)Nc1[nH]ncc1C. The van der Waals surface area contributed by atoms with Gasteiger partial charge in [0.15, 0.2) is 0 Å². The Balaban J connectivity index is 2.32. The van der Waals surface area contributed by atoms with Crippen molar-refractivity contribution in [2.24, 2.45) is 11.7 Å². The Hall–Kier alpha value is -1.36. The number of aromatic amines is 1. The summed E-state index contributed by atoms with van der Waals surface area (Å²) in [6.07, 6.45) is 5.20. The highest BCUT2D eigenvalue weighted by molar-refractivity contribution is 5.90. The number of rotatable bonds is 7. The van der Waals surface area contributed by atoms with E-state index >= 15 is 0 Å². The van der Waals surface area contributed by atoms with Crippen molar-refractivity contribution < 1.29 is 4.79 Å². The molecular weight excluding hydrogens is 216 g/mol. The Bertz CT molecular complexity index is 348. The highest BCUT2D eigenvalue weighted by atomic mass is 16.1. The van der Waals surface area contributed by atoms with E-state index in [4.69, 9.17) is 5.73 Å². The first-order chi connectivity index (χ1) is 8.17. The largest absolute Gasteiger partial charge is 0.330 e. The molecule has 17 heavy (non-hydrogen) atoms. The minimum absolute atomic E-state index is 0.0350. The highest BCUT2D eigenvalue weighted by Crippen LogP contribution is 2.15. The number of hydrogen-bond acceptors (Lipinski definition) is 3. The van der Waals surface area contributed by atoms with E-state index in [0.717, 1.165) is 24.8 Å². The fourth-order valence-electron chi connectivity index (χ4n) is 1.80. The van der Waals surface area contributed by atoms with E-state index in [0.29, 0.717) is 24.7 Å². The molecule has 1 atom stereocenters. The number of amides is 1. The van der Waals surface area contributed by atoms with Crippen LogP contribution in [0.25, 0.3) is 0 Å². The van der Waals surface area contributed by atoms with Crippen molar-refractivity contribution in [1.29, 1.82) is 0 Å². The Morgan fingerprint density at radius 3 is 2.88 bits per heavy atom. The summed E-state index contributed by atoms with van der Waals surface area (Å²) in [5, 5.41) is 9.44. The predicted octanol–water partition coefficient (Wildman–Crippen LogP) is 1.81. The van der Waals surface area contributed by atoms with Gasteiger partial charge in [0.2, 0.25) is 5.91 Å². The zero-order chi connectivity index (χ0) is 12.7. The van der Waals surface area contributed by atoms with E-state index in [9.17, 15) is 4.79 Å². The number of H-pyrrole nitrogens is 1. The average Bonchev–Trinajstić information content (AvgIpc) is 2.70. The summed E-state index contributed by atoms with van der Waals surface area (Å²) in [4.78, 5) is 11.7. The molecule has 1 aromatic heterocycles. The lowest BCUT2D eigenvalue weighted by Crippen LogP contribution is -2.15. The third kappa shape index (κ3) is 4.56. The van der Waals surface area contributed by atoms with Gasteiger partial charge in [0.05, 0.1) is 6.20 Å². The van der Waals surface area contributed by atoms with Crippen molar-refractivity contribution in [2.45, 2.75) is 39.5 Å². The second-order valence-corrected chi connectivity index (χ2v) is 4.37. The molecule has 1 heterocycles. The molecule has 0 aliphatic heterocycles. The third-order valence-electron chi connectivity index (χ3n) is 3.03. The van der Waals surface area contributed by atoms with Gasteiger partial charge < -0.3 is 11.1 Å². The minimum atomic E-state index is 0.0350. The molecule has 0 aliphatic rings. The summed E-state index contributed by atoms with van der Waals surface area (Å²) in [7, 11) is 0. The summed E-state index contributed by atoms with van der Waals surface area (Å²) >= 11 is 0. The molecule has 1 amide bonds. The van der Waals surface area contributed by atoms with Gasteiger partial charge in [0.25, 0.3) is 0 Å². The maximum atomic E-state index is 11.7. The number of aryl methyl sites for hydroxylation is 1. The molecule has 0 spiro atoms. The predicted molar refractivity (Wildman–Crippen MR) is 68.6 cm³/mol. The number of hydrogen-bond donors (Lipinski definition) is 3. The fourth-order valence-corrected chi connectivity index (χ4v) is 1.80. The van der Waals surface area contributed by atoms with Crippen LogP contribution in [0.15, 0.2) is 6.20 Å². The number of nitrogens with two attached hydrogens (primary N) is 1. The number of carbonyl (C=O) groups is 1. The van der Waals surface area contributed by atoms with Crippen molar-refractivity contribution >= 4 is 11.7 Å². The van der Waals surface area contributed by atoms with Crippen LogP contribution in [0.2, 0.25) is 0 Å². The van der Waals surface area contributed by atoms with E-state index < -0.39 is 0 Å². The summed E-state index contributed by atoms with van der Waals surface area (Å²) in [5.74, 6) is 1.28. The van der Waals surface area contributed by atoms with Gasteiger partial charge in [-0.3, -0.25) is 9.89 Å². The van der Waals surface area contributed by atoms with Crippen LogP contribution in [0.5, 0.6) is 0 Å². The lowest BCUT2D eigenvalue weighted by molar-refractivity contribution is -0.116. The van der Waals surface area contributed by atoms with Gasteiger partial charge in [0, 0.05) is 12.0 Å². The molecule has 0 fully saturated rings.